The van der Waals surface area contributed by atoms with Crippen molar-refractivity contribution < 1.29 is 9.53 Å². The quantitative estimate of drug-likeness (QED) is 0.441. The van der Waals surface area contributed by atoms with E-state index in [2.05, 4.69) is 11.6 Å². The van der Waals surface area contributed by atoms with E-state index >= 15 is 0 Å². The fraction of sp³-hybridized carbons (Fsp3) is 0.500. The molecule has 110 valence electrons. The van der Waals surface area contributed by atoms with Gasteiger partial charge in [-0.15, -0.1) is 0 Å². The lowest BCUT2D eigenvalue weighted by Crippen LogP contribution is -2.33. The van der Waals surface area contributed by atoms with E-state index < -0.39 is 0 Å². The van der Waals surface area contributed by atoms with Crippen LogP contribution in [-0.2, 0) is 16.1 Å². The van der Waals surface area contributed by atoms with E-state index in [1.165, 1.54) is 16.8 Å². The normalized spacial score (nSPS) is 10.2. The number of hydrogen-bond donors (Lipinski definition) is 1. The summed E-state index contributed by atoms with van der Waals surface area (Å²) in [5.74, 6) is -0.368. The molecule has 0 aliphatic rings. The summed E-state index contributed by atoms with van der Waals surface area (Å²) in [5, 5.41) is 0. The molecule has 1 aromatic heterocycles. The maximum atomic E-state index is 11.4. The Bertz CT molecular complexity index is 543. The monoisotopic (exact) mass is 280 g/mol. The number of aromatic nitrogens is 2. The van der Waals surface area contributed by atoms with Gasteiger partial charge in [0.05, 0.1) is 6.61 Å². The molecule has 0 aliphatic carbocycles. The van der Waals surface area contributed by atoms with Crippen LogP contribution in [0.25, 0.3) is 0 Å². The van der Waals surface area contributed by atoms with Crippen LogP contribution >= 0.6 is 0 Å². The van der Waals surface area contributed by atoms with Gasteiger partial charge in [-0.3, -0.25) is 9.36 Å². The van der Waals surface area contributed by atoms with Crippen molar-refractivity contribution >= 4 is 5.97 Å². The molecule has 1 N–H and O–H groups in total. The van der Waals surface area contributed by atoms with Gasteiger partial charge in [0.25, 0.3) is 5.56 Å². The summed E-state index contributed by atoms with van der Waals surface area (Å²) in [5.41, 5.74) is -0.273. The number of nitrogens with one attached hydrogen (secondary N) is 1. The fourth-order valence-corrected chi connectivity index (χ4v) is 1.68. The number of carbonyl (C=O) groups excluding carboxylic acids is 1. The molecule has 1 aromatic rings. The molecule has 0 aromatic carbocycles. The smallest absolute Gasteiger partial charge is 0.333 e. The maximum Gasteiger partial charge on any atom is 0.333 e. The SMILES string of the molecule is C=C(C)C(=O)OCCCCCCn1c(=O)cc[nH]c1=O. The molecule has 0 fully saturated rings. The molecule has 6 heteroatoms. The molecule has 0 bridgehead atoms. The number of rotatable bonds is 8. The maximum absolute atomic E-state index is 11.4. The molecule has 0 aliphatic heterocycles. The van der Waals surface area contributed by atoms with Crippen LogP contribution in [-0.4, -0.2) is 22.1 Å². The van der Waals surface area contributed by atoms with Crippen LogP contribution in [0.2, 0.25) is 0 Å². The highest BCUT2D eigenvalue weighted by molar-refractivity contribution is 5.86. The van der Waals surface area contributed by atoms with E-state index in [-0.39, 0.29) is 17.2 Å². The number of aromatic amines is 1. The summed E-state index contributed by atoms with van der Waals surface area (Å²) in [4.78, 5) is 36.4. The topological polar surface area (TPSA) is 81.2 Å². The molecule has 1 rings (SSSR count). The highest BCUT2D eigenvalue weighted by Gasteiger charge is 2.02. The van der Waals surface area contributed by atoms with E-state index in [0.29, 0.717) is 18.7 Å². The van der Waals surface area contributed by atoms with Crippen LogP contribution in [0.15, 0.2) is 34.0 Å². The van der Waals surface area contributed by atoms with Gasteiger partial charge in [0.1, 0.15) is 0 Å². The molecular weight excluding hydrogens is 260 g/mol. The lowest BCUT2D eigenvalue weighted by atomic mass is 10.2. The van der Waals surface area contributed by atoms with Crippen molar-refractivity contribution in [3.8, 4) is 0 Å². The second-order valence-corrected chi connectivity index (χ2v) is 4.60. The fourth-order valence-electron chi connectivity index (χ4n) is 1.68. The molecule has 0 amide bonds. The van der Waals surface area contributed by atoms with Crippen LogP contribution in [0.5, 0.6) is 0 Å². The predicted octanol–water partition coefficient (Wildman–Crippen LogP) is 1.22. The van der Waals surface area contributed by atoms with E-state index in [0.717, 1.165) is 25.7 Å². The molecule has 1 heterocycles. The number of nitrogens with zero attached hydrogens (tertiary/aromatic N) is 1. The first-order valence-electron chi connectivity index (χ1n) is 6.63. The molecule has 0 radical (unpaired) electrons. The van der Waals surface area contributed by atoms with Crippen LogP contribution in [0, 0.1) is 0 Å². The van der Waals surface area contributed by atoms with Crippen molar-refractivity contribution in [1.82, 2.24) is 9.55 Å². The Morgan fingerprint density at radius 3 is 2.65 bits per heavy atom. The van der Waals surface area contributed by atoms with Crippen molar-refractivity contribution in [2.45, 2.75) is 39.2 Å². The Hall–Kier alpha value is -2.11. The zero-order chi connectivity index (χ0) is 15.0. The number of unbranched alkanes of at least 4 members (excludes halogenated alkanes) is 3. The summed E-state index contributed by atoms with van der Waals surface area (Å²) < 4.78 is 6.14. The molecule has 0 unspecified atom stereocenters. The summed E-state index contributed by atoms with van der Waals surface area (Å²) in [6.07, 6.45) is 4.59. The minimum atomic E-state index is -0.382. The van der Waals surface area contributed by atoms with Gasteiger partial charge in [-0.25, -0.2) is 9.59 Å². The Kier molecular flexibility index (Phi) is 6.49. The molecular formula is C14H20N2O4. The van der Waals surface area contributed by atoms with Crippen LogP contribution in [0.1, 0.15) is 32.6 Å². The Morgan fingerprint density at radius 1 is 1.30 bits per heavy atom. The van der Waals surface area contributed by atoms with Crippen LogP contribution < -0.4 is 11.2 Å². The summed E-state index contributed by atoms with van der Waals surface area (Å²) in [6.45, 7) is 5.88. The minimum absolute atomic E-state index is 0.288. The number of ether oxygens (including phenoxy) is 1. The van der Waals surface area contributed by atoms with Gasteiger partial charge >= 0.3 is 11.7 Å². The largest absolute Gasteiger partial charge is 0.462 e. The van der Waals surface area contributed by atoms with Gasteiger partial charge in [0.15, 0.2) is 0 Å². The van der Waals surface area contributed by atoms with E-state index in [4.69, 9.17) is 4.74 Å². The average molecular weight is 280 g/mol. The first-order chi connectivity index (χ1) is 9.52. The van der Waals surface area contributed by atoms with Crippen molar-refractivity contribution in [2.75, 3.05) is 6.61 Å². The first kappa shape index (κ1) is 15.9. The van der Waals surface area contributed by atoms with E-state index in [1.54, 1.807) is 6.92 Å². The van der Waals surface area contributed by atoms with Crippen LogP contribution in [0.3, 0.4) is 0 Å². The Balaban J connectivity index is 2.17. The lowest BCUT2D eigenvalue weighted by molar-refractivity contribution is -0.139. The lowest BCUT2D eigenvalue weighted by Gasteiger charge is -2.05. The minimum Gasteiger partial charge on any atom is -0.462 e. The number of carbonyl (C=O) groups is 1. The van der Waals surface area contributed by atoms with Crippen molar-refractivity contribution in [2.24, 2.45) is 0 Å². The van der Waals surface area contributed by atoms with Crippen molar-refractivity contribution in [1.29, 1.82) is 0 Å². The van der Waals surface area contributed by atoms with Gasteiger partial charge in [-0.1, -0.05) is 13.0 Å². The zero-order valence-corrected chi connectivity index (χ0v) is 11.7. The number of H-pyrrole nitrogens is 1. The molecule has 0 spiro atoms. The molecule has 20 heavy (non-hydrogen) atoms. The molecule has 0 atom stereocenters. The van der Waals surface area contributed by atoms with Crippen molar-refractivity contribution in [3.63, 3.8) is 0 Å². The average Bonchev–Trinajstić information content (AvgIpc) is 2.40. The summed E-state index contributed by atoms with van der Waals surface area (Å²) in [6, 6.07) is 1.33. The summed E-state index contributed by atoms with van der Waals surface area (Å²) in [7, 11) is 0. The first-order valence-corrected chi connectivity index (χ1v) is 6.63. The van der Waals surface area contributed by atoms with E-state index in [9.17, 15) is 14.4 Å². The number of hydrogen-bond acceptors (Lipinski definition) is 4. The van der Waals surface area contributed by atoms with Gasteiger partial charge < -0.3 is 9.72 Å². The second kappa shape index (κ2) is 8.14. The van der Waals surface area contributed by atoms with Gasteiger partial charge in [0.2, 0.25) is 0 Å². The van der Waals surface area contributed by atoms with Gasteiger partial charge in [0, 0.05) is 24.4 Å². The highest BCUT2D eigenvalue weighted by Crippen LogP contribution is 2.02. The Labute approximate surface area is 117 Å². The van der Waals surface area contributed by atoms with E-state index in [1.807, 2.05) is 0 Å². The summed E-state index contributed by atoms with van der Waals surface area (Å²) >= 11 is 0. The third kappa shape index (κ3) is 5.26. The van der Waals surface area contributed by atoms with Gasteiger partial charge in [-0.2, -0.15) is 0 Å². The third-order valence-corrected chi connectivity index (χ3v) is 2.80. The molecule has 6 nitrogen and oxygen atoms in total. The second-order valence-electron chi connectivity index (χ2n) is 4.60. The predicted molar refractivity (Wildman–Crippen MR) is 75.6 cm³/mol. The van der Waals surface area contributed by atoms with Gasteiger partial charge in [-0.05, 0) is 26.2 Å². The number of esters is 1. The molecule has 0 saturated heterocycles. The van der Waals surface area contributed by atoms with Crippen molar-refractivity contribution in [3.05, 3.63) is 45.3 Å². The van der Waals surface area contributed by atoms with Crippen LogP contribution in [0.4, 0.5) is 0 Å². The molecule has 0 saturated carbocycles. The third-order valence-electron chi connectivity index (χ3n) is 2.80. The Morgan fingerprint density at radius 2 is 2.00 bits per heavy atom. The standard InChI is InChI=1S/C14H20N2O4/c1-11(2)13(18)20-10-6-4-3-5-9-16-12(17)7-8-15-14(16)19/h7-8H,1,3-6,9-10H2,2H3,(H,15,19). The zero-order valence-electron chi connectivity index (χ0n) is 11.7. The highest BCUT2D eigenvalue weighted by atomic mass is 16.5.